The maximum atomic E-state index is 13.0. The van der Waals surface area contributed by atoms with Crippen LogP contribution in [0, 0.1) is 15.9 Å². The molecular formula is C22H14FNO5. The van der Waals surface area contributed by atoms with Crippen LogP contribution in [0.1, 0.15) is 21.5 Å². The molecule has 0 aromatic heterocycles. The van der Waals surface area contributed by atoms with Crippen molar-refractivity contribution in [1.29, 1.82) is 0 Å². The van der Waals surface area contributed by atoms with Gasteiger partial charge in [0, 0.05) is 18.2 Å². The van der Waals surface area contributed by atoms with Gasteiger partial charge in [0.1, 0.15) is 23.9 Å². The lowest BCUT2D eigenvalue weighted by molar-refractivity contribution is -0.384. The molecule has 4 rings (SSSR count). The van der Waals surface area contributed by atoms with Crippen LogP contribution in [0.15, 0.2) is 72.5 Å². The zero-order valence-corrected chi connectivity index (χ0v) is 15.0. The predicted molar refractivity (Wildman–Crippen MR) is 103 cm³/mol. The summed E-state index contributed by atoms with van der Waals surface area (Å²) in [6.07, 6.45) is 1.53. The number of non-ortho nitro benzene ring substituents is 1. The topological polar surface area (TPSA) is 78.7 Å². The number of nitro benzene ring substituents is 1. The van der Waals surface area contributed by atoms with Crippen molar-refractivity contribution in [2.45, 2.75) is 6.61 Å². The summed E-state index contributed by atoms with van der Waals surface area (Å²) < 4.78 is 24.3. The first-order valence-corrected chi connectivity index (χ1v) is 8.69. The number of ether oxygens (including phenoxy) is 2. The molecule has 0 N–H and O–H groups in total. The quantitative estimate of drug-likeness (QED) is 0.350. The van der Waals surface area contributed by atoms with E-state index in [4.69, 9.17) is 9.47 Å². The smallest absolute Gasteiger partial charge is 0.269 e. The van der Waals surface area contributed by atoms with E-state index in [-0.39, 0.29) is 29.7 Å². The number of halogens is 1. The fraction of sp³-hybridized carbons (Fsp3) is 0.0455. The van der Waals surface area contributed by atoms with Crippen molar-refractivity contribution < 1.29 is 23.6 Å². The van der Waals surface area contributed by atoms with Gasteiger partial charge in [0.05, 0.1) is 10.5 Å². The highest BCUT2D eigenvalue weighted by molar-refractivity contribution is 6.14. The second kappa shape index (κ2) is 7.55. The van der Waals surface area contributed by atoms with Gasteiger partial charge in [-0.2, -0.15) is 0 Å². The second-order valence-electron chi connectivity index (χ2n) is 6.36. The van der Waals surface area contributed by atoms with Crippen LogP contribution < -0.4 is 9.47 Å². The molecule has 1 aliphatic rings. The van der Waals surface area contributed by atoms with Crippen molar-refractivity contribution in [3.8, 4) is 11.5 Å². The molecular weight excluding hydrogens is 377 g/mol. The zero-order chi connectivity index (χ0) is 20.4. The molecule has 0 aliphatic carbocycles. The second-order valence-corrected chi connectivity index (χ2v) is 6.36. The summed E-state index contributed by atoms with van der Waals surface area (Å²) in [5.74, 6) is 0.427. The minimum absolute atomic E-state index is 0.0305. The molecule has 29 heavy (non-hydrogen) atoms. The molecule has 0 spiro atoms. The standard InChI is InChI=1S/C22H14FNO5/c23-16-5-1-15(2-6-16)13-28-18-9-10-19-20(12-18)29-21(22(19)25)11-14-3-7-17(8-4-14)24(26)27/h1-12H,13H2/b21-11+. The molecule has 144 valence electrons. The van der Waals surface area contributed by atoms with Crippen molar-refractivity contribution in [2.24, 2.45) is 0 Å². The molecule has 0 unspecified atom stereocenters. The van der Waals surface area contributed by atoms with Gasteiger partial charge in [-0.25, -0.2) is 4.39 Å². The van der Waals surface area contributed by atoms with Crippen LogP contribution in [0.25, 0.3) is 6.08 Å². The van der Waals surface area contributed by atoms with Crippen molar-refractivity contribution in [2.75, 3.05) is 0 Å². The summed E-state index contributed by atoms with van der Waals surface area (Å²) in [5, 5.41) is 10.7. The van der Waals surface area contributed by atoms with Gasteiger partial charge in [-0.1, -0.05) is 12.1 Å². The van der Waals surface area contributed by atoms with Crippen LogP contribution in [0.3, 0.4) is 0 Å². The zero-order valence-electron chi connectivity index (χ0n) is 15.0. The Morgan fingerprint density at radius 1 is 1.03 bits per heavy atom. The SMILES string of the molecule is O=C1/C(=C\c2ccc([N+](=O)[O-])cc2)Oc2cc(OCc3ccc(F)cc3)ccc21. The monoisotopic (exact) mass is 391 g/mol. The number of rotatable bonds is 5. The summed E-state index contributed by atoms with van der Waals surface area (Å²) in [5.41, 5.74) is 1.80. The average molecular weight is 391 g/mol. The van der Waals surface area contributed by atoms with Crippen LogP contribution >= 0.6 is 0 Å². The van der Waals surface area contributed by atoms with E-state index in [0.717, 1.165) is 5.56 Å². The maximum Gasteiger partial charge on any atom is 0.269 e. The van der Waals surface area contributed by atoms with Gasteiger partial charge >= 0.3 is 0 Å². The molecule has 0 bridgehead atoms. The van der Waals surface area contributed by atoms with Crippen molar-refractivity contribution in [1.82, 2.24) is 0 Å². The number of carbonyl (C=O) groups excluding carboxylic acids is 1. The summed E-state index contributed by atoms with van der Waals surface area (Å²) >= 11 is 0. The summed E-state index contributed by atoms with van der Waals surface area (Å²) in [4.78, 5) is 22.8. The lowest BCUT2D eigenvalue weighted by atomic mass is 10.1. The fourth-order valence-corrected chi connectivity index (χ4v) is 2.85. The molecule has 0 atom stereocenters. The number of ketones is 1. The largest absolute Gasteiger partial charge is 0.489 e. The van der Waals surface area contributed by atoms with Crippen molar-refractivity contribution in [3.05, 3.63) is 105 Å². The Kier molecular flexibility index (Phi) is 4.78. The number of carbonyl (C=O) groups is 1. The molecule has 6 nitrogen and oxygen atoms in total. The van der Waals surface area contributed by atoms with E-state index >= 15 is 0 Å². The molecule has 0 amide bonds. The van der Waals surface area contributed by atoms with Crippen LogP contribution in [0.5, 0.6) is 11.5 Å². The van der Waals surface area contributed by atoms with Gasteiger partial charge in [-0.3, -0.25) is 14.9 Å². The molecule has 1 aliphatic heterocycles. The highest BCUT2D eigenvalue weighted by Crippen LogP contribution is 2.35. The molecule has 0 saturated carbocycles. The number of Topliss-reactive ketones (excluding diaryl/α,β-unsaturated/α-hetero) is 1. The summed E-state index contributed by atoms with van der Waals surface area (Å²) in [6, 6.07) is 16.7. The Bertz CT molecular complexity index is 1120. The highest BCUT2D eigenvalue weighted by atomic mass is 19.1. The Labute approximate surface area is 165 Å². The molecule has 0 fully saturated rings. The van der Waals surface area contributed by atoms with Gasteiger partial charge < -0.3 is 9.47 Å². The number of benzene rings is 3. The Hall–Kier alpha value is -4.00. The third kappa shape index (κ3) is 3.98. The van der Waals surface area contributed by atoms with Crippen molar-refractivity contribution >= 4 is 17.5 Å². The van der Waals surface area contributed by atoms with Crippen LogP contribution in [-0.4, -0.2) is 10.7 Å². The number of nitrogens with zero attached hydrogens (tertiary/aromatic N) is 1. The molecule has 1 heterocycles. The minimum atomic E-state index is -0.489. The Balaban J connectivity index is 1.49. The van der Waals surface area contributed by atoms with Gasteiger partial charge in [0.25, 0.3) is 5.69 Å². The lowest BCUT2D eigenvalue weighted by Gasteiger charge is -2.07. The number of allylic oxidation sites excluding steroid dienone is 1. The molecule has 0 radical (unpaired) electrons. The number of fused-ring (bicyclic) bond motifs is 1. The van der Waals surface area contributed by atoms with Crippen LogP contribution in [-0.2, 0) is 6.61 Å². The summed E-state index contributed by atoms with van der Waals surface area (Å²) in [7, 11) is 0. The fourth-order valence-electron chi connectivity index (χ4n) is 2.85. The summed E-state index contributed by atoms with van der Waals surface area (Å²) in [6.45, 7) is 0.249. The average Bonchev–Trinajstić information content (AvgIpc) is 3.03. The first-order valence-electron chi connectivity index (χ1n) is 8.69. The normalized spacial score (nSPS) is 13.8. The van der Waals surface area contributed by atoms with Crippen molar-refractivity contribution in [3.63, 3.8) is 0 Å². The Morgan fingerprint density at radius 2 is 1.76 bits per heavy atom. The molecule has 3 aromatic carbocycles. The molecule has 3 aromatic rings. The highest BCUT2D eigenvalue weighted by Gasteiger charge is 2.27. The van der Waals surface area contributed by atoms with Crippen LogP contribution in [0.2, 0.25) is 0 Å². The third-order valence-electron chi connectivity index (χ3n) is 4.36. The lowest BCUT2D eigenvalue weighted by Crippen LogP contribution is -1.98. The van der Waals surface area contributed by atoms with E-state index < -0.39 is 4.92 Å². The van der Waals surface area contributed by atoms with Gasteiger partial charge in [0.15, 0.2) is 5.76 Å². The number of hydrogen-bond acceptors (Lipinski definition) is 5. The van der Waals surface area contributed by atoms with E-state index in [1.807, 2.05) is 0 Å². The predicted octanol–water partition coefficient (Wildman–Crippen LogP) is 4.93. The van der Waals surface area contributed by atoms with Crippen LogP contribution in [0.4, 0.5) is 10.1 Å². The van der Waals surface area contributed by atoms with E-state index in [1.165, 1.54) is 30.3 Å². The van der Waals surface area contributed by atoms with Gasteiger partial charge in [-0.15, -0.1) is 0 Å². The number of nitro groups is 1. The first kappa shape index (κ1) is 18.4. The van der Waals surface area contributed by atoms with E-state index in [1.54, 1.807) is 42.5 Å². The molecule has 0 saturated heterocycles. The van der Waals surface area contributed by atoms with Gasteiger partial charge in [-0.05, 0) is 53.6 Å². The minimum Gasteiger partial charge on any atom is -0.489 e. The van der Waals surface area contributed by atoms with E-state index in [0.29, 0.717) is 22.6 Å². The van der Waals surface area contributed by atoms with Gasteiger partial charge in [0.2, 0.25) is 5.78 Å². The first-order chi connectivity index (χ1) is 14.0. The van der Waals surface area contributed by atoms with E-state index in [9.17, 15) is 19.3 Å². The maximum absolute atomic E-state index is 13.0. The van der Waals surface area contributed by atoms with E-state index in [2.05, 4.69) is 0 Å². The third-order valence-corrected chi connectivity index (χ3v) is 4.36. The Morgan fingerprint density at radius 3 is 2.45 bits per heavy atom. The number of hydrogen-bond donors (Lipinski definition) is 0. The molecule has 7 heteroatoms.